The molecule has 0 bridgehead atoms. The highest BCUT2D eigenvalue weighted by molar-refractivity contribution is 5.90. The first kappa shape index (κ1) is 21.1. The van der Waals surface area contributed by atoms with Gasteiger partial charge in [-0.05, 0) is 20.8 Å². The molecule has 2 atom stereocenters. The van der Waals surface area contributed by atoms with Crippen molar-refractivity contribution in [1.82, 2.24) is 34.4 Å². The first-order valence-electron chi connectivity index (χ1n) is 10.3. The van der Waals surface area contributed by atoms with E-state index in [-0.39, 0.29) is 18.6 Å². The number of imidazole rings is 1. The van der Waals surface area contributed by atoms with Crippen LogP contribution in [0.3, 0.4) is 0 Å². The molecule has 0 aliphatic carbocycles. The fourth-order valence-electron chi connectivity index (χ4n) is 3.68. The average Bonchev–Trinajstić information content (AvgIpc) is 3.18. The Kier molecular flexibility index (Phi) is 6.05. The molecule has 4 rings (SSSR count). The minimum absolute atomic E-state index is 0.129. The van der Waals surface area contributed by atoms with Gasteiger partial charge < -0.3 is 24.6 Å². The molecule has 1 fully saturated rings. The van der Waals surface area contributed by atoms with Gasteiger partial charge in [0, 0.05) is 25.5 Å². The van der Waals surface area contributed by atoms with Crippen molar-refractivity contribution in [2.45, 2.75) is 39.4 Å². The minimum atomic E-state index is -0.566. The van der Waals surface area contributed by atoms with E-state index < -0.39 is 6.04 Å². The third kappa shape index (κ3) is 4.06. The molecule has 1 saturated heterocycles. The Balaban J connectivity index is 1.65. The Hall–Kier alpha value is -3.18. The summed E-state index contributed by atoms with van der Waals surface area (Å²) in [7, 11) is 0. The summed E-state index contributed by atoms with van der Waals surface area (Å²) in [6.45, 7) is 7.34. The first-order chi connectivity index (χ1) is 15.0. The molecule has 11 heteroatoms. The lowest BCUT2D eigenvalue weighted by molar-refractivity contribution is -0.142. The average molecular weight is 426 g/mol. The third-order valence-electron chi connectivity index (χ3n) is 5.33. The number of hydrogen-bond acceptors (Lipinski definition) is 9. The zero-order chi connectivity index (χ0) is 22.0. The van der Waals surface area contributed by atoms with Gasteiger partial charge in [-0.2, -0.15) is 0 Å². The van der Waals surface area contributed by atoms with Gasteiger partial charge >= 0.3 is 0 Å². The number of anilines is 1. The summed E-state index contributed by atoms with van der Waals surface area (Å²) in [5, 5.41) is 12.8. The highest BCUT2D eigenvalue weighted by atomic mass is 16.5. The van der Waals surface area contributed by atoms with Crippen LogP contribution >= 0.6 is 0 Å². The molecule has 3 aromatic rings. The Morgan fingerprint density at radius 2 is 2.10 bits per heavy atom. The molecule has 1 amide bonds. The largest absolute Gasteiger partial charge is 0.394 e. The molecule has 3 aromatic heterocycles. The SMILES string of the molecule is CCn1c(-c2cnc(C)nc2)nc2c(N[C@@H](C)C(=O)N3CCOCC3CO)ncnc21. The van der Waals surface area contributed by atoms with Crippen LogP contribution in [0.5, 0.6) is 0 Å². The number of hydrogen-bond donors (Lipinski definition) is 2. The van der Waals surface area contributed by atoms with Crippen LogP contribution in [-0.2, 0) is 16.1 Å². The third-order valence-corrected chi connectivity index (χ3v) is 5.33. The van der Waals surface area contributed by atoms with Gasteiger partial charge in [0.15, 0.2) is 17.0 Å². The zero-order valence-corrected chi connectivity index (χ0v) is 17.8. The van der Waals surface area contributed by atoms with Crippen molar-refractivity contribution in [1.29, 1.82) is 0 Å². The molecule has 2 N–H and O–H groups in total. The first-order valence-corrected chi connectivity index (χ1v) is 10.3. The Labute approximate surface area is 179 Å². The van der Waals surface area contributed by atoms with Crippen molar-refractivity contribution in [3.05, 3.63) is 24.5 Å². The van der Waals surface area contributed by atoms with Crippen molar-refractivity contribution in [2.24, 2.45) is 0 Å². The number of morpholine rings is 1. The molecule has 0 aromatic carbocycles. The van der Waals surface area contributed by atoms with Crippen LogP contribution in [0, 0.1) is 6.92 Å². The second-order valence-corrected chi connectivity index (χ2v) is 7.40. The smallest absolute Gasteiger partial charge is 0.245 e. The number of ether oxygens (including phenoxy) is 1. The number of aliphatic hydroxyl groups is 1. The topological polar surface area (TPSA) is 131 Å². The van der Waals surface area contributed by atoms with Crippen LogP contribution in [0.1, 0.15) is 19.7 Å². The number of nitrogens with zero attached hydrogens (tertiary/aromatic N) is 7. The number of carbonyl (C=O) groups excluding carboxylic acids is 1. The van der Waals surface area contributed by atoms with E-state index in [1.54, 1.807) is 24.2 Å². The van der Waals surface area contributed by atoms with Crippen molar-refractivity contribution in [3.8, 4) is 11.4 Å². The van der Waals surface area contributed by atoms with E-state index in [9.17, 15) is 9.90 Å². The summed E-state index contributed by atoms with van der Waals surface area (Å²) < 4.78 is 7.33. The number of nitrogens with one attached hydrogen (secondary N) is 1. The summed E-state index contributed by atoms with van der Waals surface area (Å²) in [6.07, 6.45) is 4.92. The molecule has 164 valence electrons. The van der Waals surface area contributed by atoms with Gasteiger partial charge in [-0.3, -0.25) is 4.79 Å². The van der Waals surface area contributed by atoms with Gasteiger partial charge in [-0.15, -0.1) is 0 Å². The lowest BCUT2D eigenvalue weighted by Crippen LogP contribution is -2.54. The highest BCUT2D eigenvalue weighted by Gasteiger charge is 2.30. The van der Waals surface area contributed by atoms with E-state index in [0.717, 1.165) is 5.56 Å². The van der Waals surface area contributed by atoms with Gasteiger partial charge in [0.1, 0.15) is 24.0 Å². The Morgan fingerprint density at radius 3 is 2.81 bits per heavy atom. The Bertz CT molecular complexity index is 1070. The maximum Gasteiger partial charge on any atom is 0.245 e. The van der Waals surface area contributed by atoms with Gasteiger partial charge in [-0.25, -0.2) is 24.9 Å². The molecule has 1 unspecified atom stereocenters. The van der Waals surface area contributed by atoms with Crippen LogP contribution in [0.2, 0.25) is 0 Å². The normalized spacial score (nSPS) is 17.7. The monoisotopic (exact) mass is 426 g/mol. The molecule has 0 radical (unpaired) electrons. The molecular formula is C20H26N8O3. The molecule has 4 heterocycles. The van der Waals surface area contributed by atoms with Gasteiger partial charge in [0.25, 0.3) is 0 Å². The van der Waals surface area contributed by atoms with Crippen LogP contribution in [0.25, 0.3) is 22.6 Å². The van der Waals surface area contributed by atoms with Crippen molar-refractivity contribution in [3.63, 3.8) is 0 Å². The van der Waals surface area contributed by atoms with E-state index in [1.165, 1.54) is 6.33 Å². The lowest BCUT2D eigenvalue weighted by atomic mass is 10.2. The molecule has 0 saturated carbocycles. The molecule has 0 spiro atoms. The van der Waals surface area contributed by atoms with Gasteiger partial charge in [0.05, 0.1) is 31.4 Å². The van der Waals surface area contributed by atoms with E-state index >= 15 is 0 Å². The minimum Gasteiger partial charge on any atom is -0.394 e. The second-order valence-electron chi connectivity index (χ2n) is 7.40. The summed E-state index contributed by atoms with van der Waals surface area (Å²) >= 11 is 0. The van der Waals surface area contributed by atoms with E-state index in [1.807, 2.05) is 18.4 Å². The van der Waals surface area contributed by atoms with Gasteiger partial charge in [0.2, 0.25) is 5.91 Å². The second kappa shape index (κ2) is 8.90. The molecular weight excluding hydrogens is 400 g/mol. The zero-order valence-electron chi connectivity index (χ0n) is 17.8. The van der Waals surface area contributed by atoms with Crippen LogP contribution in [0.4, 0.5) is 5.82 Å². The van der Waals surface area contributed by atoms with Crippen LogP contribution in [-0.4, -0.2) is 83.8 Å². The summed E-state index contributed by atoms with van der Waals surface area (Å²) in [5.41, 5.74) is 2.01. The van der Waals surface area contributed by atoms with Crippen molar-refractivity contribution in [2.75, 3.05) is 31.7 Å². The van der Waals surface area contributed by atoms with Crippen LogP contribution in [0.15, 0.2) is 18.7 Å². The maximum absolute atomic E-state index is 13.0. The van der Waals surface area contributed by atoms with Gasteiger partial charge in [-0.1, -0.05) is 0 Å². The number of aromatic nitrogens is 6. The summed E-state index contributed by atoms with van der Waals surface area (Å²) in [4.78, 5) is 36.7. The van der Waals surface area contributed by atoms with Crippen molar-refractivity contribution >= 4 is 22.9 Å². The van der Waals surface area contributed by atoms with E-state index in [4.69, 9.17) is 9.72 Å². The number of fused-ring (bicyclic) bond motifs is 1. The predicted molar refractivity (Wildman–Crippen MR) is 113 cm³/mol. The summed E-state index contributed by atoms with van der Waals surface area (Å²) in [6, 6.07) is -0.911. The number of aliphatic hydroxyl groups excluding tert-OH is 1. The maximum atomic E-state index is 13.0. The standard InChI is InChI=1S/C20H26N8O3/c1-4-27-18(14-7-21-13(3)22-8-14)26-16-17(23-11-24-19(16)27)25-12(2)20(30)28-5-6-31-10-15(28)9-29/h7-8,11-12,15,29H,4-6,9-10H2,1-3H3,(H,23,24,25)/t12-,15?/m0/s1. The van der Waals surface area contributed by atoms with Crippen molar-refractivity contribution < 1.29 is 14.6 Å². The number of amides is 1. The van der Waals surface area contributed by atoms with Crippen LogP contribution < -0.4 is 5.32 Å². The fourth-order valence-corrected chi connectivity index (χ4v) is 3.68. The molecule has 11 nitrogen and oxygen atoms in total. The molecule has 1 aliphatic rings. The van der Waals surface area contributed by atoms with E-state index in [2.05, 4.69) is 25.3 Å². The predicted octanol–water partition coefficient (Wildman–Crippen LogP) is 0.632. The molecule has 31 heavy (non-hydrogen) atoms. The number of carbonyl (C=O) groups is 1. The fraction of sp³-hybridized carbons (Fsp3) is 0.500. The highest BCUT2D eigenvalue weighted by Crippen LogP contribution is 2.26. The number of aryl methyl sites for hydroxylation is 2. The lowest BCUT2D eigenvalue weighted by Gasteiger charge is -2.36. The quantitative estimate of drug-likeness (QED) is 0.582. The Morgan fingerprint density at radius 1 is 1.32 bits per heavy atom. The van der Waals surface area contributed by atoms with E-state index in [0.29, 0.717) is 54.9 Å². The molecule has 1 aliphatic heterocycles. The number of rotatable bonds is 6. The summed E-state index contributed by atoms with van der Waals surface area (Å²) in [5.74, 6) is 1.72.